The van der Waals surface area contributed by atoms with Crippen LogP contribution in [0.4, 0.5) is 18.0 Å². The maximum Gasteiger partial charge on any atom is 0.433 e. The first-order valence-corrected chi connectivity index (χ1v) is 8.40. The quantitative estimate of drug-likeness (QED) is 0.752. The van der Waals surface area contributed by atoms with Crippen molar-refractivity contribution < 1.29 is 22.7 Å². The fourth-order valence-electron chi connectivity index (χ4n) is 2.77. The lowest BCUT2D eigenvalue weighted by Gasteiger charge is -2.31. The average Bonchev–Trinajstić information content (AvgIpc) is 2.58. The second kappa shape index (κ2) is 6.79. The summed E-state index contributed by atoms with van der Waals surface area (Å²) in [5, 5.41) is 0. The Labute approximate surface area is 154 Å². The molecule has 0 aromatic carbocycles. The van der Waals surface area contributed by atoms with Gasteiger partial charge in [0.2, 0.25) is 0 Å². The Morgan fingerprint density at radius 3 is 2.56 bits per heavy atom. The maximum absolute atomic E-state index is 13.5. The monoisotopic (exact) mass is 380 g/mol. The van der Waals surface area contributed by atoms with E-state index in [0.29, 0.717) is 5.56 Å². The number of alkyl halides is 3. The third kappa shape index (κ3) is 4.35. The van der Waals surface area contributed by atoms with Gasteiger partial charge in [-0.3, -0.25) is 4.98 Å². The largest absolute Gasteiger partial charge is 0.444 e. The van der Waals surface area contributed by atoms with Crippen LogP contribution in [0.15, 0.2) is 24.5 Å². The molecule has 6 nitrogen and oxygen atoms in total. The van der Waals surface area contributed by atoms with Crippen molar-refractivity contribution in [3.63, 3.8) is 0 Å². The number of carbonyl (C=O) groups excluding carboxylic acids is 1. The van der Waals surface area contributed by atoms with Crippen LogP contribution in [-0.4, -0.2) is 38.1 Å². The summed E-state index contributed by atoms with van der Waals surface area (Å²) in [7, 11) is 0. The van der Waals surface area contributed by atoms with Crippen LogP contribution < -0.4 is 0 Å². The number of carbonyl (C=O) groups is 1. The Bertz CT molecular complexity index is 848. The lowest BCUT2D eigenvalue weighted by molar-refractivity contribution is -0.142. The third-order valence-electron chi connectivity index (χ3n) is 3.91. The van der Waals surface area contributed by atoms with Crippen LogP contribution in [0.2, 0.25) is 0 Å². The molecule has 2 aromatic heterocycles. The minimum atomic E-state index is -4.61. The summed E-state index contributed by atoms with van der Waals surface area (Å²) in [6.07, 6.45) is -2.27. The molecule has 0 saturated carbocycles. The summed E-state index contributed by atoms with van der Waals surface area (Å²) in [4.78, 5) is 25.6. The van der Waals surface area contributed by atoms with Crippen LogP contribution in [0, 0.1) is 0 Å². The number of amides is 1. The van der Waals surface area contributed by atoms with Crippen molar-refractivity contribution in [2.75, 3.05) is 6.54 Å². The second-order valence-corrected chi connectivity index (χ2v) is 7.21. The molecule has 0 atom stereocenters. The third-order valence-corrected chi connectivity index (χ3v) is 3.91. The van der Waals surface area contributed by atoms with Crippen molar-refractivity contribution in [1.82, 2.24) is 19.9 Å². The number of hydrogen-bond acceptors (Lipinski definition) is 5. The van der Waals surface area contributed by atoms with E-state index in [1.54, 1.807) is 32.9 Å². The SMILES string of the molecule is CC(C)(C)OC(=O)N1CCc2c(nc(-c3cccnc3)nc2C(F)(F)F)C1. The molecule has 0 spiro atoms. The highest BCUT2D eigenvalue weighted by Crippen LogP contribution is 2.35. The van der Waals surface area contributed by atoms with Crippen LogP contribution in [0.1, 0.15) is 37.7 Å². The standard InChI is InChI=1S/C18H19F3N4O2/c1-17(2,3)27-16(26)25-8-6-12-13(10-25)23-15(11-5-4-7-22-9-11)24-14(12)18(19,20)21/h4-5,7,9H,6,8,10H2,1-3H3. The summed E-state index contributed by atoms with van der Waals surface area (Å²) < 4.78 is 45.9. The van der Waals surface area contributed by atoms with Gasteiger partial charge in [-0.15, -0.1) is 0 Å². The highest BCUT2D eigenvalue weighted by atomic mass is 19.4. The number of aromatic nitrogens is 3. The molecular weight excluding hydrogens is 361 g/mol. The Hall–Kier alpha value is -2.71. The molecule has 0 radical (unpaired) electrons. The Morgan fingerprint density at radius 1 is 1.22 bits per heavy atom. The molecule has 0 N–H and O–H groups in total. The average molecular weight is 380 g/mol. The van der Waals surface area contributed by atoms with Gasteiger partial charge in [-0.25, -0.2) is 14.8 Å². The number of rotatable bonds is 1. The van der Waals surface area contributed by atoms with Crippen LogP contribution >= 0.6 is 0 Å². The van der Waals surface area contributed by atoms with Crippen molar-refractivity contribution in [3.8, 4) is 11.4 Å². The first-order valence-electron chi connectivity index (χ1n) is 8.40. The molecule has 3 rings (SSSR count). The van der Waals surface area contributed by atoms with E-state index >= 15 is 0 Å². The summed E-state index contributed by atoms with van der Waals surface area (Å²) in [5.41, 5.74) is -1.08. The van der Waals surface area contributed by atoms with Crippen molar-refractivity contribution in [2.45, 2.75) is 45.5 Å². The van der Waals surface area contributed by atoms with Gasteiger partial charge >= 0.3 is 12.3 Å². The molecule has 3 heterocycles. The van der Waals surface area contributed by atoms with Gasteiger partial charge in [0.05, 0.1) is 12.2 Å². The van der Waals surface area contributed by atoms with E-state index in [9.17, 15) is 18.0 Å². The Morgan fingerprint density at radius 2 is 1.96 bits per heavy atom. The van der Waals surface area contributed by atoms with Crippen molar-refractivity contribution >= 4 is 6.09 Å². The number of pyridine rings is 1. The predicted molar refractivity (Wildman–Crippen MR) is 90.6 cm³/mol. The van der Waals surface area contributed by atoms with E-state index < -0.39 is 23.6 Å². The molecule has 0 unspecified atom stereocenters. The molecule has 0 saturated heterocycles. The van der Waals surface area contributed by atoms with Crippen LogP contribution in [0.3, 0.4) is 0 Å². The summed E-state index contributed by atoms with van der Waals surface area (Å²) in [5.74, 6) is -0.0692. The van der Waals surface area contributed by atoms with Gasteiger partial charge in [0.1, 0.15) is 5.60 Å². The van der Waals surface area contributed by atoms with E-state index in [2.05, 4.69) is 15.0 Å². The van der Waals surface area contributed by atoms with Gasteiger partial charge in [0.15, 0.2) is 11.5 Å². The van der Waals surface area contributed by atoms with Gasteiger partial charge in [-0.1, -0.05) is 0 Å². The van der Waals surface area contributed by atoms with Crippen LogP contribution in [0.5, 0.6) is 0 Å². The highest BCUT2D eigenvalue weighted by Gasteiger charge is 2.39. The van der Waals surface area contributed by atoms with E-state index in [-0.39, 0.29) is 36.6 Å². The molecule has 144 valence electrons. The van der Waals surface area contributed by atoms with Gasteiger partial charge in [-0.2, -0.15) is 13.2 Å². The van der Waals surface area contributed by atoms with Gasteiger partial charge in [0.25, 0.3) is 0 Å². The van der Waals surface area contributed by atoms with E-state index in [1.165, 1.54) is 17.3 Å². The fourth-order valence-corrected chi connectivity index (χ4v) is 2.77. The lowest BCUT2D eigenvalue weighted by atomic mass is 10.0. The van der Waals surface area contributed by atoms with Crippen molar-refractivity contribution in [2.24, 2.45) is 0 Å². The number of nitrogens with zero attached hydrogens (tertiary/aromatic N) is 4. The zero-order chi connectivity index (χ0) is 19.8. The van der Waals surface area contributed by atoms with E-state index in [0.717, 1.165) is 0 Å². The van der Waals surface area contributed by atoms with Crippen molar-refractivity contribution in [1.29, 1.82) is 0 Å². The van der Waals surface area contributed by atoms with Crippen molar-refractivity contribution in [3.05, 3.63) is 41.5 Å². The van der Waals surface area contributed by atoms with E-state index in [1.807, 2.05) is 0 Å². The maximum atomic E-state index is 13.5. The molecule has 9 heteroatoms. The topological polar surface area (TPSA) is 68.2 Å². The Balaban J connectivity index is 2.00. The fraction of sp³-hybridized carbons (Fsp3) is 0.444. The normalized spacial score (nSPS) is 14.7. The number of halogens is 3. The molecule has 0 aliphatic carbocycles. The highest BCUT2D eigenvalue weighted by molar-refractivity contribution is 5.68. The minimum absolute atomic E-state index is 0.0107. The van der Waals surface area contributed by atoms with Crippen LogP contribution in [0.25, 0.3) is 11.4 Å². The summed E-state index contributed by atoms with van der Waals surface area (Å²) in [6, 6.07) is 3.18. The number of fused-ring (bicyclic) bond motifs is 1. The minimum Gasteiger partial charge on any atom is -0.444 e. The van der Waals surface area contributed by atoms with Gasteiger partial charge in [-0.05, 0) is 39.3 Å². The molecule has 0 fully saturated rings. The van der Waals surface area contributed by atoms with E-state index in [4.69, 9.17) is 4.74 Å². The summed E-state index contributed by atoms with van der Waals surface area (Å²) in [6.45, 7) is 5.23. The number of hydrogen-bond donors (Lipinski definition) is 0. The molecule has 2 aromatic rings. The Kier molecular flexibility index (Phi) is 4.79. The number of ether oxygens (including phenoxy) is 1. The first-order chi connectivity index (χ1) is 12.5. The molecule has 1 aliphatic heterocycles. The lowest BCUT2D eigenvalue weighted by Crippen LogP contribution is -2.41. The van der Waals surface area contributed by atoms with Gasteiger partial charge < -0.3 is 9.64 Å². The smallest absolute Gasteiger partial charge is 0.433 e. The summed E-state index contributed by atoms with van der Waals surface area (Å²) >= 11 is 0. The molecule has 1 amide bonds. The van der Waals surface area contributed by atoms with Crippen LogP contribution in [-0.2, 0) is 23.9 Å². The molecule has 27 heavy (non-hydrogen) atoms. The first kappa shape index (κ1) is 19.1. The molecule has 1 aliphatic rings. The predicted octanol–water partition coefficient (Wildman–Crippen LogP) is 3.85. The zero-order valence-corrected chi connectivity index (χ0v) is 15.2. The zero-order valence-electron chi connectivity index (χ0n) is 15.2. The molecular formula is C18H19F3N4O2. The molecule has 0 bridgehead atoms. The van der Waals surface area contributed by atoms with Gasteiger partial charge in [0, 0.05) is 30.1 Å². The second-order valence-electron chi connectivity index (χ2n) is 7.21.